The van der Waals surface area contributed by atoms with Crippen molar-refractivity contribution in [1.82, 2.24) is 0 Å². The monoisotopic (exact) mass is 520 g/mol. The van der Waals surface area contributed by atoms with Gasteiger partial charge >= 0.3 is 5.97 Å². The molecule has 0 bridgehead atoms. The van der Waals surface area contributed by atoms with Crippen molar-refractivity contribution < 1.29 is 9.53 Å². The van der Waals surface area contributed by atoms with Crippen molar-refractivity contribution in [3.8, 4) is 0 Å². The molecule has 3 saturated carbocycles. The molecule has 1 aromatic rings. The maximum atomic E-state index is 12.9. The number of carbonyl (C=O) groups is 1. The van der Waals surface area contributed by atoms with Gasteiger partial charge in [0.1, 0.15) is 6.10 Å². The SMILES string of the molecule is CC(C)CCCC(C)[C@H]1CC[C@H]2[C@@H]3CC=C4C[C@@H](OC(=O)c5cc(N)cc(N)c5)CC[C@]4(C)[C@H]3CC[C@]12C. The lowest BCUT2D eigenvalue weighted by Crippen LogP contribution is -2.51. The van der Waals surface area contributed by atoms with Crippen LogP contribution in [0.3, 0.4) is 0 Å². The number of hydrogen-bond acceptors (Lipinski definition) is 4. The van der Waals surface area contributed by atoms with Gasteiger partial charge in [-0.1, -0.05) is 65.5 Å². The van der Waals surface area contributed by atoms with Crippen LogP contribution < -0.4 is 11.5 Å². The van der Waals surface area contributed by atoms with E-state index in [0.717, 1.165) is 54.8 Å². The Morgan fingerprint density at radius 3 is 2.42 bits per heavy atom. The van der Waals surface area contributed by atoms with Gasteiger partial charge in [0.25, 0.3) is 0 Å². The summed E-state index contributed by atoms with van der Waals surface area (Å²) in [7, 11) is 0. The summed E-state index contributed by atoms with van der Waals surface area (Å²) in [5.41, 5.74) is 15.6. The fraction of sp³-hybridized carbons (Fsp3) is 0.735. The summed E-state index contributed by atoms with van der Waals surface area (Å²) in [5.74, 6) is 4.74. The maximum absolute atomic E-state index is 12.9. The third kappa shape index (κ3) is 5.02. The van der Waals surface area contributed by atoms with Crippen LogP contribution in [-0.2, 0) is 4.74 Å². The highest BCUT2D eigenvalue weighted by molar-refractivity contribution is 5.91. The number of hydrogen-bond donors (Lipinski definition) is 2. The summed E-state index contributed by atoms with van der Waals surface area (Å²) in [6.07, 6.45) is 16.5. The van der Waals surface area contributed by atoms with Gasteiger partial charge in [0.05, 0.1) is 5.56 Å². The predicted molar refractivity (Wildman–Crippen MR) is 158 cm³/mol. The van der Waals surface area contributed by atoms with Crippen LogP contribution in [0.1, 0.15) is 116 Å². The average molecular weight is 521 g/mol. The van der Waals surface area contributed by atoms with E-state index in [1.54, 1.807) is 23.8 Å². The topological polar surface area (TPSA) is 78.3 Å². The molecule has 1 unspecified atom stereocenters. The quantitative estimate of drug-likeness (QED) is 0.215. The summed E-state index contributed by atoms with van der Waals surface area (Å²) in [6.45, 7) is 12.5. The number of carbonyl (C=O) groups excluding carboxylic acids is 1. The molecule has 0 amide bonds. The lowest BCUT2D eigenvalue weighted by Gasteiger charge is -2.58. The van der Waals surface area contributed by atoms with Crippen LogP contribution in [0.25, 0.3) is 0 Å². The number of allylic oxidation sites excluding steroid dienone is 1. The molecule has 0 saturated heterocycles. The van der Waals surface area contributed by atoms with Gasteiger partial charge in [-0.25, -0.2) is 4.79 Å². The zero-order chi connectivity index (χ0) is 27.2. The third-order valence-electron chi connectivity index (χ3n) is 11.7. The van der Waals surface area contributed by atoms with Gasteiger partial charge in [-0.2, -0.15) is 0 Å². The number of ether oxygens (including phenoxy) is 1. The van der Waals surface area contributed by atoms with Gasteiger partial charge < -0.3 is 16.2 Å². The molecule has 5 rings (SSSR count). The summed E-state index contributed by atoms with van der Waals surface area (Å²) in [4.78, 5) is 12.9. The van der Waals surface area contributed by atoms with E-state index in [1.807, 2.05) is 0 Å². The van der Waals surface area contributed by atoms with E-state index < -0.39 is 0 Å². The van der Waals surface area contributed by atoms with E-state index in [1.165, 1.54) is 51.4 Å². The van der Waals surface area contributed by atoms with Crippen LogP contribution in [0, 0.1) is 46.3 Å². The molecule has 0 heterocycles. The van der Waals surface area contributed by atoms with Crippen LogP contribution in [-0.4, -0.2) is 12.1 Å². The highest BCUT2D eigenvalue weighted by Gasteiger charge is 2.59. The fourth-order valence-corrected chi connectivity index (χ4v) is 9.77. The molecular formula is C34H52N2O2. The van der Waals surface area contributed by atoms with Gasteiger partial charge in [-0.15, -0.1) is 0 Å². The van der Waals surface area contributed by atoms with Crippen molar-refractivity contribution in [2.45, 2.75) is 111 Å². The van der Waals surface area contributed by atoms with Crippen molar-refractivity contribution in [2.24, 2.45) is 46.3 Å². The van der Waals surface area contributed by atoms with Crippen molar-refractivity contribution >= 4 is 17.3 Å². The van der Waals surface area contributed by atoms with Gasteiger partial charge in [0.2, 0.25) is 0 Å². The smallest absolute Gasteiger partial charge is 0.338 e. The lowest BCUT2D eigenvalue weighted by atomic mass is 9.47. The minimum Gasteiger partial charge on any atom is -0.458 e. The van der Waals surface area contributed by atoms with Crippen molar-refractivity contribution in [1.29, 1.82) is 0 Å². The maximum Gasteiger partial charge on any atom is 0.338 e. The standard InChI is InChI=1S/C34H52N2O2/c1-21(2)7-6-8-22(3)29-11-12-30-28-10-9-24-19-27(38-32(37)23-17-25(35)20-26(36)18-23)13-15-33(24,4)31(28)14-16-34(29,30)5/h9,17-18,20-22,27-31H,6-8,10-16,19,35-36H2,1-5H3/t22?,27-,28-,29+,30-,31-,33-,34+/m0/s1. The molecule has 4 aliphatic rings. The van der Waals surface area contributed by atoms with Gasteiger partial charge in [0, 0.05) is 17.8 Å². The van der Waals surface area contributed by atoms with Crippen LogP contribution in [0.15, 0.2) is 29.8 Å². The van der Waals surface area contributed by atoms with Crippen molar-refractivity contribution in [2.75, 3.05) is 11.5 Å². The van der Waals surface area contributed by atoms with Crippen LogP contribution in [0.4, 0.5) is 11.4 Å². The third-order valence-corrected chi connectivity index (χ3v) is 11.7. The first-order chi connectivity index (χ1) is 18.0. The first-order valence-electron chi connectivity index (χ1n) is 15.6. The second-order valence-corrected chi connectivity index (χ2v) is 14.4. The fourth-order valence-electron chi connectivity index (χ4n) is 9.77. The van der Waals surface area contributed by atoms with Crippen LogP contribution in [0.2, 0.25) is 0 Å². The Bertz CT molecular complexity index is 1040. The number of benzene rings is 1. The molecule has 0 radical (unpaired) electrons. The first kappa shape index (κ1) is 27.6. The minimum absolute atomic E-state index is 0.0579. The Hall–Kier alpha value is -1.97. The number of nitrogens with two attached hydrogens (primary N) is 2. The molecule has 38 heavy (non-hydrogen) atoms. The zero-order valence-corrected chi connectivity index (χ0v) is 24.6. The second-order valence-electron chi connectivity index (χ2n) is 14.4. The van der Waals surface area contributed by atoms with Gasteiger partial charge in [-0.3, -0.25) is 0 Å². The number of rotatable bonds is 7. The van der Waals surface area contributed by atoms with E-state index in [0.29, 0.717) is 22.4 Å². The summed E-state index contributed by atoms with van der Waals surface area (Å²) >= 11 is 0. The Morgan fingerprint density at radius 2 is 1.71 bits per heavy atom. The predicted octanol–water partition coefficient (Wildman–Crippen LogP) is 8.42. The number of esters is 1. The Morgan fingerprint density at radius 1 is 0.974 bits per heavy atom. The molecule has 3 fully saturated rings. The molecule has 0 aromatic heterocycles. The molecule has 4 nitrogen and oxygen atoms in total. The Kier molecular flexibility index (Phi) is 7.66. The molecule has 4 aliphatic carbocycles. The van der Waals surface area contributed by atoms with Crippen LogP contribution >= 0.6 is 0 Å². The van der Waals surface area contributed by atoms with E-state index in [9.17, 15) is 4.79 Å². The molecule has 4 heteroatoms. The van der Waals surface area contributed by atoms with Crippen LogP contribution in [0.5, 0.6) is 0 Å². The number of fused-ring (bicyclic) bond motifs is 5. The number of anilines is 2. The van der Waals surface area contributed by atoms with Gasteiger partial charge in [-0.05, 0) is 109 Å². The van der Waals surface area contributed by atoms with Gasteiger partial charge in [0.15, 0.2) is 0 Å². The minimum atomic E-state index is -0.306. The zero-order valence-electron chi connectivity index (χ0n) is 24.6. The van der Waals surface area contributed by atoms with E-state index >= 15 is 0 Å². The summed E-state index contributed by atoms with van der Waals surface area (Å²) in [6, 6.07) is 4.99. The molecule has 4 N–H and O–H groups in total. The highest BCUT2D eigenvalue weighted by atomic mass is 16.5. The molecule has 8 atom stereocenters. The second kappa shape index (κ2) is 10.5. The van der Waals surface area contributed by atoms with Crippen molar-refractivity contribution in [3.63, 3.8) is 0 Å². The Labute approximate surface area is 231 Å². The van der Waals surface area contributed by atoms with E-state index in [-0.39, 0.29) is 17.5 Å². The average Bonchev–Trinajstić information content (AvgIpc) is 3.20. The summed E-state index contributed by atoms with van der Waals surface area (Å²) < 4.78 is 6.00. The molecule has 1 aromatic carbocycles. The van der Waals surface area contributed by atoms with E-state index in [2.05, 4.69) is 40.7 Å². The highest BCUT2D eigenvalue weighted by Crippen LogP contribution is 2.67. The Balaban J connectivity index is 1.25. The molecular weight excluding hydrogens is 468 g/mol. The largest absolute Gasteiger partial charge is 0.458 e. The normalized spacial score (nSPS) is 37.1. The molecule has 0 spiro atoms. The van der Waals surface area contributed by atoms with E-state index in [4.69, 9.17) is 16.2 Å². The molecule has 0 aliphatic heterocycles. The lowest BCUT2D eigenvalue weighted by molar-refractivity contribution is -0.0594. The molecule has 210 valence electrons. The summed E-state index contributed by atoms with van der Waals surface area (Å²) in [5, 5.41) is 0. The van der Waals surface area contributed by atoms with Crippen molar-refractivity contribution in [3.05, 3.63) is 35.4 Å². The first-order valence-corrected chi connectivity index (χ1v) is 15.6. The number of nitrogen functional groups attached to an aromatic ring is 2.